The van der Waals surface area contributed by atoms with Crippen molar-refractivity contribution in [1.82, 2.24) is 14.7 Å². The molecule has 0 saturated heterocycles. The van der Waals surface area contributed by atoms with E-state index >= 15 is 0 Å². The summed E-state index contributed by atoms with van der Waals surface area (Å²) >= 11 is 0. The zero-order valence-electron chi connectivity index (χ0n) is 11.9. The highest BCUT2D eigenvalue weighted by molar-refractivity contribution is 6.04. The van der Waals surface area contributed by atoms with Crippen LogP contribution in [-0.2, 0) is 11.8 Å². The molecule has 20 heavy (non-hydrogen) atoms. The molecule has 1 heterocycles. The van der Waals surface area contributed by atoms with E-state index in [0.29, 0.717) is 31.9 Å². The summed E-state index contributed by atoms with van der Waals surface area (Å²) in [6.07, 6.45) is 0. The van der Waals surface area contributed by atoms with Crippen molar-refractivity contribution in [3.8, 4) is 0 Å². The molecule has 2 rings (SSSR count). The monoisotopic (exact) mass is 276 g/mol. The SMILES string of the molecule is COCCN(CCN)C(=O)c1nn(C)c2ccccc12. The Morgan fingerprint density at radius 2 is 2.15 bits per heavy atom. The van der Waals surface area contributed by atoms with Gasteiger partial charge in [-0.1, -0.05) is 18.2 Å². The van der Waals surface area contributed by atoms with E-state index in [1.165, 1.54) is 0 Å². The van der Waals surface area contributed by atoms with E-state index in [1.807, 2.05) is 31.3 Å². The van der Waals surface area contributed by atoms with Crippen LogP contribution in [0.5, 0.6) is 0 Å². The molecular formula is C14H20N4O2. The van der Waals surface area contributed by atoms with Crippen molar-refractivity contribution in [3.63, 3.8) is 0 Å². The standard InChI is InChI=1S/C14H20N4O2/c1-17-12-6-4-3-5-11(12)13(16-17)14(19)18(8-7-15)9-10-20-2/h3-6H,7-10,15H2,1-2H3. The molecule has 2 aromatic rings. The lowest BCUT2D eigenvalue weighted by Gasteiger charge is -2.20. The Morgan fingerprint density at radius 1 is 1.40 bits per heavy atom. The minimum absolute atomic E-state index is 0.107. The fraction of sp³-hybridized carbons (Fsp3) is 0.429. The molecule has 0 aliphatic rings. The molecule has 0 aliphatic carbocycles. The summed E-state index contributed by atoms with van der Waals surface area (Å²) in [5, 5.41) is 5.21. The third kappa shape index (κ3) is 2.81. The maximum absolute atomic E-state index is 12.6. The lowest BCUT2D eigenvalue weighted by atomic mass is 10.2. The van der Waals surface area contributed by atoms with Gasteiger partial charge in [-0.15, -0.1) is 0 Å². The van der Waals surface area contributed by atoms with E-state index in [9.17, 15) is 4.79 Å². The highest BCUT2D eigenvalue weighted by Crippen LogP contribution is 2.18. The lowest BCUT2D eigenvalue weighted by molar-refractivity contribution is 0.0697. The van der Waals surface area contributed by atoms with Crippen molar-refractivity contribution < 1.29 is 9.53 Å². The van der Waals surface area contributed by atoms with E-state index in [0.717, 1.165) is 10.9 Å². The number of hydrogen-bond acceptors (Lipinski definition) is 4. The molecule has 0 spiro atoms. The summed E-state index contributed by atoms with van der Waals surface area (Å²) < 4.78 is 6.76. The maximum Gasteiger partial charge on any atom is 0.275 e. The van der Waals surface area contributed by atoms with Gasteiger partial charge in [0.05, 0.1) is 12.1 Å². The Morgan fingerprint density at radius 3 is 2.85 bits per heavy atom. The largest absolute Gasteiger partial charge is 0.383 e. The molecule has 1 aromatic heterocycles. The van der Waals surface area contributed by atoms with Crippen LogP contribution in [0.2, 0.25) is 0 Å². The molecule has 1 amide bonds. The van der Waals surface area contributed by atoms with Crippen LogP contribution < -0.4 is 5.73 Å². The molecule has 0 atom stereocenters. The van der Waals surface area contributed by atoms with Gasteiger partial charge in [-0.2, -0.15) is 5.10 Å². The zero-order chi connectivity index (χ0) is 14.5. The Labute approximate surface area is 118 Å². The minimum atomic E-state index is -0.107. The summed E-state index contributed by atoms with van der Waals surface area (Å²) in [6.45, 7) is 1.90. The quantitative estimate of drug-likeness (QED) is 0.839. The third-order valence-corrected chi connectivity index (χ3v) is 3.21. The van der Waals surface area contributed by atoms with Gasteiger partial charge in [0.15, 0.2) is 5.69 Å². The molecule has 0 aliphatic heterocycles. The van der Waals surface area contributed by atoms with Crippen molar-refractivity contribution in [2.45, 2.75) is 0 Å². The third-order valence-electron chi connectivity index (χ3n) is 3.21. The van der Waals surface area contributed by atoms with Gasteiger partial charge in [-0.05, 0) is 6.07 Å². The number of carbonyl (C=O) groups is 1. The number of hydrogen-bond donors (Lipinski definition) is 1. The average Bonchev–Trinajstić information content (AvgIpc) is 2.80. The molecule has 0 unspecified atom stereocenters. The number of benzene rings is 1. The van der Waals surface area contributed by atoms with Gasteiger partial charge in [0.25, 0.3) is 5.91 Å². The smallest absolute Gasteiger partial charge is 0.275 e. The van der Waals surface area contributed by atoms with Crippen LogP contribution in [0.4, 0.5) is 0 Å². The number of para-hydroxylation sites is 1. The van der Waals surface area contributed by atoms with Gasteiger partial charge in [-0.25, -0.2) is 0 Å². The maximum atomic E-state index is 12.6. The van der Waals surface area contributed by atoms with Gasteiger partial charge in [0, 0.05) is 39.2 Å². The van der Waals surface area contributed by atoms with Crippen LogP contribution in [0, 0.1) is 0 Å². The number of fused-ring (bicyclic) bond motifs is 1. The number of methoxy groups -OCH3 is 1. The Balaban J connectivity index is 2.33. The predicted molar refractivity (Wildman–Crippen MR) is 77.5 cm³/mol. The molecule has 108 valence electrons. The van der Waals surface area contributed by atoms with Gasteiger partial charge >= 0.3 is 0 Å². The molecule has 0 radical (unpaired) electrons. The number of nitrogens with zero attached hydrogens (tertiary/aromatic N) is 3. The van der Waals surface area contributed by atoms with E-state index in [2.05, 4.69) is 5.10 Å². The number of amides is 1. The normalized spacial score (nSPS) is 10.9. The van der Waals surface area contributed by atoms with Crippen molar-refractivity contribution >= 4 is 16.8 Å². The number of aryl methyl sites for hydroxylation is 1. The van der Waals surface area contributed by atoms with Crippen molar-refractivity contribution in [3.05, 3.63) is 30.0 Å². The van der Waals surface area contributed by atoms with Crippen molar-refractivity contribution in [2.75, 3.05) is 33.4 Å². The first-order chi connectivity index (χ1) is 9.69. The van der Waals surface area contributed by atoms with Gasteiger partial charge < -0.3 is 15.4 Å². The minimum Gasteiger partial charge on any atom is -0.383 e. The van der Waals surface area contributed by atoms with Crippen LogP contribution >= 0.6 is 0 Å². The van der Waals surface area contributed by atoms with E-state index in [4.69, 9.17) is 10.5 Å². The summed E-state index contributed by atoms with van der Waals surface area (Å²) in [5.74, 6) is -0.107. The predicted octanol–water partition coefficient (Wildman–Crippen LogP) is 0.621. The number of ether oxygens (including phenoxy) is 1. The molecule has 1 aromatic carbocycles. The van der Waals surface area contributed by atoms with Crippen molar-refractivity contribution in [1.29, 1.82) is 0 Å². The number of nitrogens with two attached hydrogens (primary N) is 1. The molecule has 0 bridgehead atoms. The summed E-state index contributed by atoms with van der Waals surface area (Å²) in [4.78, 5) is 14.3. The second kappa shape index (κ2) is 6.49. The first kappa shape index (κ1) is 14.5. The fourth-order valence-corrected chi connectivity index (χ4v) is 2.19. The molecule has 0 fully saturated rings. The van der Waals surface area contributed by atoms with Crippen LogP contribution in [0.3, 0.4) is 0 Å². The Hall–Kier alpha value is -1.92. The summed E-state index contributed by atoms with van der Waals surface area (Å²) in [7, 11) is 3.45. The van der Waals surface area contributed by atoms with Crippen LogP contribution in [0.15, 0.2) is 24.3 Å². The van der Waals surface area contributed by atoms with Crippen molar-refractivity contribution in [2.24, 2.45) is 12.8 Å². The number of carbonyl (C=O) groups excluding carboxylic acids is 1. The van der Waals surface area contributed by atoms with Gasteiger partial charge in [-0.3, -0.25) is 9.48 Å². The van der Waals surface area contributed by atoms with E-state index in [-0.39, 0.29) is 5.91 Å². The van der Waals surface area contributed by atoms with E-state index < -0.39 is 0 Å². The molecule has 6 nitrogen and oxygen atoms in total. The first-order valence-corrected chi connectivity index (χ1v) is 6.59. The average molecular weight is 276 g/mol. The zero-order valence-corrected chi connectivity index (χ0v) is 11.9. The van der Waals surface area contributed by atoms with Gasteiger partial charge in [0.1, 0.15) is 0 Å². The second-order valence-electron chi connectivity index (χ2n) is 4.56. The topological polar surface area (TPSA) is 73.4 Å². The Kier molecular flexibility index (Phi) is 4.70. The van der Waals surface area contributed by atoms with Crippen LogP contribution in [0.25, 0.3) is 10.9 Å². The molecule has 6 heteroatoms. The fourth-order valence-electron chi connectivity index (χ4n) is 2.19. The Bertz CT molecular complexity index is 594. The van der Waals surface area contributed by atoms with Gasteiger partial charge in [0.2, 0.25) is 0 Å². The first-order valence-electron chi connectivity index (χ1n) is 6.59. The number of aromatic nitrogens is 2. The lowest BCUT2D eigenvalue weighted by Crippen LogP contribution is -2.38. The second-order valence-corrected chi connectivity index (χ2v) is 4.56. The molecular weight excluding hydrogens is 256 g/mol. The molecule has 0 saturated carbocycles. The molecule has 2 N–H and O–H groups in total. The number of rotatable bonds is 6. The van der Waals surface area contributed by atoms with E-state index in [1.54, 1.807) is 16.7 Å². The van der Waals surface area contributed by atoms with Crippen LogP contribution in [0.1, 0.15) is 10.5 Å². The summed E-state index contributed by atoms with van der Waals surface area (Å²) in [6, 6.07) is 7.69. The highest BCUT2D eigenvalue weighted by Gasteiger charge is 2.21. The summed E-state index contributed by atoms with van der Waals surface area (Å²) in [5.41, 5.74) is 6.98. The van der Waals surface area contributed by atoms with Crippen LogP contribution in [-0.4, -0.2) is 53.9 Å². The highest BCUT2D eigenvalue weighted by atomic mass is 16.5.